The molecule has 0 aliphatic carbocycles. The Kier molecular flexibility index (Phi) is 3.59. The minimum Gasteiger partial charge on any atom is -0.496 e. The first-order valence-corrected chi connectivity index (χ1v) is 4.38. The minimum atomic E-state index is -0.480. The number of nitrogens with zero attached hydrogens (tertiary/aromatic N) is 1. The zero-order chi connectivity index (χ0) is 11.4. The Morgan fingerprint density at radius 1 is 1.60 bits per heavy atom. The van der Waals surface area contributed by atoms with Crippen molar-refractivity contribution in [3.8, 4) is 5.75 Å². The highest BCUT2D eigenvalue weighted by atomic mass is 16.6. The summed E-state index contributed by atoms with van der Waals surface area (Å²) in [4.78, 5) is 10.1. The number of nitro benzene ring substituents is 1. The van der Waals surface area contributed by atoms with Crippen molar-refractivity contribution in [3.05, 3.63) is 33.9 Å². The molecule has 0 amide bonds. The lowest BCUT2D eigenvalue weighted by Gasteiger charge is -2.13. The molecule has 6 heteroatoms. The van der Waals surface area contributed by atoms with Crippen LogP contribution in [0.1, 0.15) is 11.6 Å². The van der Waals surface area contributed by atoms with Gasteiger partial charge in [0.25, 0.3) is 5.69 Å². The van der Waals surface area contributed by atoms with E-state index in [0.717, 1.165) is 0 Å². The molecule has 0 spiro atoms. The molecule has 82 valence electrons. The normalized spacial score (nSPS) is 12.2. The van der Waals surface area contributed by atoms with Gasteiger partial charge in [-0.05, 0) is 6.07 Å². The van der Waals surface area contributed by atoms with Gasteiger partial charge in [-0.2, -0.15) is 0 Å². The van der Waals surface area contributed by atoms with Gasteiger partial charge < -0.3 is 16.2 Å². The maximum absolute atomic E-state index is 10.6. The summed E-state index contributed by atoms with van der Waals surface area (Å²) in [6.45, 7) is 0.206. The van der Waals surface area contributed by atoms with Crippen molar-refractivity contribution in [1.29, 1.82) is 0 Å². The molecule has 0 bridgehead atoms. The molecule has 1 aromatic rings. The van der Waals surface area contributed by atoms with Crippen molar-refractivity contribution in [3.63, 3.8) is 0 Å². The minimum absolute atomic E-state index is 0.0188. The first kappa shape index (κ1) is 11.4. The van der Waals surface area contributed by atoms with Crippen LogP contribution in [0.3, 0.4) is 0 Å². The van der Waals surface area contributed by atoms with Crippen LogP contribution in [-0.2, 0) is 0 Å². The van der Waals surface area contributed by atoms with Crippen molar-refractivity contribution in [2.45, 2.75) is 6.04 Å². The first-order valence-electron chi connectivity index (χ1n) is 4.38. The van der Waals surface area contributed by atoms with Crippen LogP contribution in [0.4, 0.5) is 5.69 Å². The zero-order valence-corrected chi connectivity index (χ0v) is 8.34. The fourth-order valence-electron chi connectivity index (χ4n) is 1.25. The van der Waals surface area contributed by atoms with Gasteiger partial charge in [-0.15, -0.1) is 0 Å². The molecule has 0 saturated heterocycles. The van der Waals surface area contributed by atoms with Crippen molar-refractivity contribution in [2.24, 2.45) is 11.5 Å². The summed E-state index contributed by atoms with van der Waals surface area (Å²) in [5.74, 6) is 0.513. The Morgan fingerprint density at radius 3 is 2.73 bits per heavy atom. The molecule has 4 N–H and O–H groups in total. The molecule has 1 atom stereocenters. The van der Waals surface area contributed by atoms with E-state index in [1.807, 2.05) is 0 Å². The van der Waals surface area contributed by atoms with E-state index in [2.05, 4.69) is 0 Å². The largest absolute Gasteiger partial charge is 0.496 e. The molecule has 0 aromatic heterocycles. The lowest BCUT2D eigenvalue weighted by atomic mass is 10.1. The maximum Gasteiger partial charge on any atom is 0.270 e. The van der Waals surface area contributed by atoms with Gasteiger partial charge in [0.1, 0.15) is 5.75 Å². The highest BCUT2D eigenvalue weighted by molar-refractivity contribution is 5.45. The molecule has 0 heterocycles. The predicted octanol–water partition coefficient (Wildman–Crippen LogP) is 0.562. The number of methoxy groups -OCH3 is 1. The SMILES string of the molecule is COc1ccc([N+](=O)[O-])cc1[C@H](N)CN. The molecule has 0 radical (unpaired) electrons. The van der Waals surface area contributed by atoms with Crippen LogP contribution in [0.25, 0.3) is 0 Å². The van der Waals surface area contributed by atoms with Gasteiger partial charge in [0.15, 0.2) is 0 Å². The average molecular weight is 211 g/mol. The van der Waals surface area contributed by atoms with Crippen LogP contribution < -0.4 is 16.2 Å². The summed E-state index contributed by atoms with van der Waals surface area (Å²) in [7, 11) is 1.48. The van der Waals surface area contributed by atoms with Crippen molar-refractivity contribution < 1.29 is 9.66 Å². The quantitative estimate of drug-likeness (QED) is 0.559. The Hall–Kier alpha value is -1.66. The molecular formula is C9H13N3O3. The van der Waals surface area contributed by atoms with Gasteiger partial charge in [-0.25, -0.2) is 0 Å². The standard InChI is InChI=1S/C9H13N3O3/c1-15-9-3-2-6(12(13)14)4-7(9)8(11)5-10/h2-4,8H,5,10-11H2,1H3/t8-/m1/s1. The summed E-state index contributed by atoms with van der Waals surface area (Å²) in [5, 5.41) is 10.6. The van der Waals surface area contributed by atoms with Gasteiger partial charge in [0.2, 0.25) is 0 Å². The summed E-state index contributed by atoms with van der Waals surface area (Å²) in [5.41, 5.74) is 11.6. The smallest absolute Gasteiger partial charge is 0.270 e. The lowest BCUT2D eigenvalue weighted by molar-refractivity contribution is -0.385. The van der Waals surface area contributed by atoms with Gasteiger partial charge in [-0.1, -0.05) is 0 Å². The molecule has 15 heavy (non-hydrogen) atoms. The fraction of sp³-hybridized carbons (Fsp3) is 0.333. The highest BCUT2D eigenvalue weighted by Crippen LogP contribution is 2.27. The van der Waals surface area contributed by atoms with Crippen molar-refractivity contribution >= 4 is 5.69 Å². The van der Waals surface area contributed by atoms with Gasteiger partial charge >= 0.3 is 0 Å². The van der Waals surface area contributed by atoms with Gasteiger partial charge in [0, 0.05) is 30.3 Å². The van der Waals surface area contributed by atoms with E-state index in [4.69, 9.17) is 16.2 Å². The number of hydrogen-bond acceptors (Lipinski definition) is 5. The van der Waals surface area contributed by atoms with E-state index in [9.17, 15) is 10.1 Å². The van der Waals surface area contributed by atoms with Crippen LogP contribution >= 0.6 is 0 Å². The zero-order valence-electron chi connectivity index (χ0n) is 8.34. The van der Waals surface area contributed by atoms with E-state index in [0.29, 0.717) is 11.3 Å². The molecule has 0 aliphatic heterocycles. The summed E-state index contributed by atoms with van der Waals surface area (Å²) < 4.78 is 5.04. The summed E-state index contributed by atoms with van der Waals surface area (Å²) in [6, 6.07) is 3.81. The van der Waals surface area contributed by atoms with Crippen LogP contribution in [-0.4, -0.2) is 18.6 Å². The second-order valence-electron chi connectivity index (χ2n) is 3.03. The predicted molar refractivity (Wildman–Crippen MR) is 55.6 cm³/mol. The monoisotopic (exact) mass is 211 g/mol. The third-order valence-electron chi connectivity index (χ3n) is 2.08. The van der Waals surface area contributed by atoms with Crippen molar-refractivity contribution in [2.75, 3.05) is 13.7 Å². The van der Waals surface area contributed by atoms with E-state index in [1.165, 1.54) is 25.3 Å². The summed E-state index contributed by atoms with van der Waals surface area (Å²) in [6.07, 6.45) is 0. The maximum atomic E-state index is 10.6. The average Bonchev–Trinajstić information content (AvgIpc) is 2.27. The Labute approximate surface area is 87.0 Å². The number of benzene rings is 1. The second kappa shape index (κ2) is 4.72. The number of nitrogens with two attached hydrogens (primary N) is 2. The fourth-order valence-corrected chi connectivity index (χ4v) is 1.25. The van der Waals surface area contributed by atoms with E-state index in [1.54, 1.807) is 0 Å². The lowest BCUT2D eigenvalue weighted by Crippen LogP contribution is -2.21. The van der Waals surface area contributed by atoms with Crippen LogP contribution in [0.2, 0.25) is 0 Å². The first-order chi connectivity index (χ1) is 7.10. The van der Waals surface area contributed by atoms with E-state index < -0.39 is 11.0 Å². The van der Waals surface area contributed by atoms with Crippen molar-refractivity contribution in [1.82, 2.24) is 0 Å². The molecule has 1 rings (SSSR count). The molecule has 1 aromatic carbocycles. The Morgan fingerprint density at radius 2 is 2.27 bits per heavy atom. The highest BCUT2D eigenvalue weighted by Gasteiger charge is 2.15. The number of rotatable bonds is 4. The molecule has 0 saturated carbocycles. The van der Waals surface area contributed by atoms with Gasteiger partial charge in [0.05, 0.1) is 12.0 Å². The molecule has 6 nitrogen and oxygen atoms in total. The summed E-state index contributed by atoms with van der Waals surface area (Å²) >= 11 is 0. The molecule has 0 unspecified atom stereocenters. The van der Waals surface area contributed by atoms with Crippen LogP contribution in [0.5, 0.6) is 5.75 Å². The number of hydrogen-bond donors (Lipinski definition) is 2. The third-order valence-corrected chi connectivity index (χ3v) is 2.08. The number of non-ortho nitro benzene ring substituents is 1. The van der Waals surface area contributed by atoms with Crippen LogP contribution in [0.15, 0.2) is 18.2 Å². The Bertz CT molecular complexity index is 368. The van der Waals surface area contributed by atoms with E-state index >= 15 is 0 Å². The second-order valence-corrected chi connectivity index (χ2v) is 3.03. The number of nitro groups is 1. The molecule has 0 aliphatic rings. The topological polar surface area (TPSA) is 104 Å². The molecule has 0 fully saturated rings. The number of ether oxygens (including phenoxy) is 1. The molecular weight excluding hydrogens is 198 g/mol. The van der Waals surface area contributed by atoms with E-state index in [-0.39, 0.29) is 12.2 Å². The third kappa shape index (κ3) is 2.42. The Balaban J connectivity index is 3.18. The van der Waals surface area contributed by atoms with Crippen LogP contribution in [0, 0.1) is 10.1 Å². The van der Waals surface area contributed by atoms with Gasteiger partial charge in [-0.3, -0.25) is 10.1 Å².